The molecule has 1 N–H and O–H groups in total. The van der Waals surface area contributed by atoms with E-state index in [1.807, 2.05) is 0 Å². The number of imide groups is 2. The van der Waals surface area contributed by atoms with E-state index in [9.17, 15) is 14.4 Å². The summed E-state index contributed by atoms with van der Waals surface area (Å²) in [4.78, 5) is 37.9. The molecule has 1 aliphatic heterocycles. The molecule has 0 aromatic heterocycles. The van der Waals surface area contributed by atoms with Crippen LogP contribution in [0.25, 0.3) is 0 Å². The highest BCUT2D eigenvalue weighted by Gasteiger charge is 2.55. The van der Waals surface area contributed by atoms with Gasteiger partial charge in [-0.25, -0.2) is 9.69 Å². The van der Waals surface area contributed by atoms with Gasteiger partial charge in [-0.3, -0.25) is 14.9 Å². The van der Waals surface area contributed by atoms with E-state index in [4.69, 9.17) is 23.2 Å². The fourth-order valence-corrected chi connectivity index (χ4v) is 3.51. The van der Waals surface area contributed by atoms with Crippen molar-refractivity contribution in [2.24, 2.45) is 5.41 Å². The molecule has 0 atom stereocenters. The Kier molecular flexibility index (Phi) is 3.42. The average Bonchev–Trinajstić information content (AvgIpc) is 2.86. The van der Waals surface area contributed by atoms with Crippen molar-refractivity contribution >= 4 is 46.7 Å². The molecular weight excluding hydrogens is 315 g/mol. The van der Waals surface area contributed by atoms with E-state index in [0.717, 1.165) is 17.7 Å². The number of rotatable bonds is 1. The van der Waals surface area contributed by atoms with Crippen molar-refractivity contribution in [1.29, 1.82) is 0 Å². The van der Waals surface area contributed by atoms with Gasteiger partial charge in [0.25, 0.3) is 5.91 Å². The van der Waals surface area contributed by atoms with Crippen LogP contribution in [0.3, 0.4) is 0 Å². The molecule has 2 fully saturated rings. The number of carbonyl (C=O) groups is 3. The van der Waals surface area contributed by atoms with Crippen molar-refractivity contribution in [3.8, 4) is 0 Å². The van der Waals surface area contributed by atoms with Crippen molar-refractivity contribution in [3.05, 3.63) is 28.2 Å². The molecule has 0 bridgehead atoms. The molecule has 1 aromatic rings. The first-order chi connectivity index (χ1) is 9.94. The molecule has 1 heterocycles. The Bertz CT molecular complexity index is 633. The highest BCUT2D eigenvalue weighted by atomic mass is 35.5. The summed E-state index contributed by atoms with van der Waals surface area (Å²) in [5.41, 5.74) is -0.864. The number of barbiturate groups is 1. The minimum Gasteiger partial charge on any atom is -0.276 e. The van der Waals surface area contributed by atoms with E-state index < -0.39 is 23.3 Å². The maximum absolute atomic E-state index is 12.8. The molecule has 1 spiro atoms. The summed E-state index contributed by atoms with van der Waals surface area (Å²) in [6, 6.07) is 3.70. The largest absolute Gasteiger partial charge is 0.335 e. The van der Waals surface area contributed by atoms with E-state index in [0.29, 0.717) is 22.9 Å². The summed E-state index contributed by atoms with van der Waals surface area (Å²) in [5.74, 6) is -0.994. The van der Waals surface area contributed by atoms with Crippen LogP contribution in [0.15, 0.2) is 18.2 Å². The molecule has 2 aliphatic rings. The van der Waals surface area contributed by atoms with Gasteiger partial charge in [-0.05, 0) is 31.0 Å². The number of benzene rings is 1. The maximum Gasteiger partial charge on any atom is 0.335 e. The zero-order chi connectivity index (χ0) is 15.2. The van der Waals surface area contributed by atoms with Gasteiger partial charge in [0, 0.05) is 10.0 Å². The van der Waals surface area contributed by atoms with Crippen LogP contribution in [0.4, 0.5) is 10.5 Å². The fraction of sp³-hybridized carbons (Fsp3) is 0.357. The van der Waals surface area contributed by atoms with Crippen LogP contribution in [0.2, 0.25) is 10.0 Å². The molecule has 1 saturated carbocycles. The van der Waals surface area contributed by atoms with Crippen molar-refractivity contribution in [2.75, 3.05) is 4.90 Å². The van der Waals surface area contributed by atoms with Gasteiger partial charge < -0.3 is 0 Å². The Morgan fingerprint density at radius 3 is 2.14 bits per heavy atom. The van der Waals surface area contributed by atoms with Crippen molar-refractivity contribution in [2.45, 2.75) is 25.7 Å². The lowest BCUT2D eigenvalue weighted by Gasteiger charge is -2.36. The lowest BCUT2D eigenvalue weighted by Crippen LogP contribution is -2.63. The summed E-state index contributed by atoms with van der Waals surface area (Å²) in [7, 11) is 0. The molecule has 4 amide bonds. The minimum atomic E-state index is -1.14. The zero-order valence-electron chi connectivity index (χ0n) is 11.0. The SMILES string of the molecule is O=C1NC(=O)C2(CCCC2)C(=O)N1c1cc(Cl)cc(Cl)c1. The first kappa shape index (κ1) is 14.4. The third-order valence-corrected chi connectivity index (χ3v) is 4.47. The molecule has 7 heteroatoms. The highest BCUT2D eigenvalue weighted by molar-refractivity contribution is 6.36. The van der Waals surface area contributed by atoms with Crippen LogP contribution in [0.1, 0.15) is 25.7 Å². The number of hydrogen-bond acceptors (Lipinski definition) is 3. The van der Waals surface area contributed by atoms with Gasteiger partial charge in [-0.1, -0.05) is 36.0 Å². The number of hydrogen-bond donors (Lipinski definition) is 1. The van der Waals surface area contributed by atoms with E-state index in [1.54, 1.807) is 0 Å². The van der Waals surface area contributed by atoms with Crippen molar-refractivity contribution in [3.63, 3.8) is 0 Å². The Morgan fingerprint density at radius 2 is 1.57 bits per heavy atom. The van der Waals surface area contributed by atoms with Crippen LogP contribution in [-0.2, 0) is 9.59 Å². The second-order valence-electron chi connectivity index (χ2n) is 5.32. The number of amides is 4. The summed E-state index contributed by atoms with van der Waals surface area (Å²) in [5, 5.41) is 2.90. The number of anilines is 1. The Balaban J connectivity index is 2.06. The van der Waals surface area contributed by atoms with E-state index >= 15 is 0 Å². The summed E-state index contributed by atoms with van der Waals surface area (Å²) >= 11 is 11.8. The van der Waals surface area contributed by atoms with E-state index in [-0.39, 0.29) is 5.69 Å². The first-order valence-electron chi connectivity index (χ1n) is 6.60. The first-order valence-corrected chi connectivity index (χ1v) is 7.36. The Hall–Kier alpha value is -1.59. The molecular formula is C14H12Cl2N2O3. The number of carbonyl (C=O) groups excluding carboxylic acids is 3. The number of nitrogens with zero attached hydrogens (tertiary/aromatic N) is 1. The molecule has 0 unspecified atom stereocenters. The number of nitrogens with one attached hydrogen (secondary N) is 1. The monoisotopic (exact) mass is 326 g/mol. The molecule has 1 aliphatic carbocycles. The molecule has 110 valence electrons. The predicted octanol–water partition coefficient (Wildman–Crippen LogP) is 3.14. The van der Waals surface area contributed by atoms with Gasteiger partial charge in [0.2, 0.25) is 5.91 Å². The zero-order valence-corrected chi connectivity index (χ0v) is 12.5. The van der Waals surface area contributed by atoms with Crippen molar-refractivity contribution in [1.82, 2.24) is 5.32 Å². The van der Waals surface area contributed by atoms with Crippen LogP contribution in [0.5, 0.6) is 0 Å². The van der Waals surface area contributed by atoms with Crippen LogP contribution in [-0.4, -0.2) is 17.8 Å². The van der Waals surface area contributed by atoms with Crippen LogP contribution < -0.4 is 10.2 Å². The quantitative estimate of drug-likeness (QED) is 0.806. The van der Waals surface area contributed by atoms with Crippen molar-refractivity contribution < 1.29 is 14.4 Å². The van der Waals surface area contributed by atoms with Crippen LogP contribution in [0, 0.1) is 5.41 Å². The van der Waals surface area contributed by atoms with Gasteiger partial charge in [-0.2, -0.15) is 0 Å². The van der Waals surface area contributed by atoms with Crippen LogP contribution >= 0.6 is 23.2 Å². The molecule has 1 aromatic carbocycles. The molecule has 21 heavy (non-hydrogen) atoms. The summed E-state index contributed by atoms with van der Waals surface area (Å²) < 4.78 is 0. The van der Waals surface area contributed by atoms with Gasteiger partial charge >= 0.3 is 6.03 Å². The molecule has 1 saturated heterocycles. The topological polar surface area (TPSA) is 66.5 Å². The lowest BCUT2D eigenvalue weighted by atomic mass is 9.82. The standard InChI is InChI=1S/C14H12Cl2N2O3/c15-8-5-9(16)7-10(6-8)18-12(20)14(3-1-2-4-14)11(19)17-13(18)21/h5-7H,1-4H2,(H,17,19,21). The highest BCUT2D eigenvalue weighted by Crippen LogP contribution is 2.43. The lowest BCUT2D eigenvalue weighted by molar-refractivity contribution is -0.142. The maximum atomic E-state index is 12.8. The Morgan fingerprint density at radius 1 is 1.00 bits per heavy atom. The summed E-state index contributed by atoms with van der Waals surface area (Å²) in [6.07, 6.45) is 2.49. The minimum absolute atomic E-state index is 0.272. The van der Waals surface area contributed by atoms with E-state index in [1.165, 1.54) is 18.2 Å². The third-order valence-electron chi connectivity index (χ3n) is 4.03. The van der Waals surface area contributed by atoms with Gasteiger partial charge in [-0.15, -0.1) is 0 Å². The molecule has 5 nitrogen and oxygen atoms in total. The second kappa shape index (κ2) is 5.00. The average molecular weight is 327 g/mol. The fourth-order valence-electron chi connectivity index (χ4n) is 3.00. The van der Waals surface area contributed by atoms with Gasteiger partial charge in [0.1, 0.15) is 5.41 Å². The molecule has 3 rings (SSSR count). The smallest absolute Gasteiger partial charge is 0.276 e. The van der Waals surface area contributed by atoms with Gasteiger partial charge in [0.15, 0.2) is 0 Å². The number of urea groups is 1. The Labute approximate surface area is 131 Å². The van der Waals surface area contributed by atoms with Gasteiger partial charge in [0.05, 0.1) is 5.69 Å². The van der Waals surface area contributed by atoms with E-state index in [2.05, 4.69) is 5.32 Å². The number of halogens is 2. The molecule has 0 radical (unpaired) electrons. The second-order valence-corrected chi connectivity index (χ2v) is 6.19. The predicted molar refractivity (Wildman–Crippen MR) is 78.4 cm³/mol. The summed E-state index contributed by atoms with van der Waals surface area (Å²) in [6.45, 7) is 0. The normalized spacial score (nSPS) is 21.0. The third kappa shape index (κ3) is 2.21.